The zero-order chi connectivity index (χ0) is 8.27. The Morgan fingerprint density at radius 3 is 2.91 bits per heavy atom. The number of hydrogen-bond donors (Lipinski definition) is 3. The minimum atomic E-state index is -0.776. The van der Waals surface area contributed by atoms with E-state index >= 15 is 0 Å². The van der Waals surface area contributed by atoms with E-state index in [4.69, 9.17) is 5.21 Å². The maximum Gasteiger partial charge on any atom is 0.404 e. The topological polar surface area (TPSA) is 52.5 Å². The third-order valence-electron chi connectivity index (χ3n) is 2.16. The molecule has 0 saturated heterocycles. The predicted octanol–water partition coefficient (Wildman–Crippen LogP) is 0.802. The molecule has 2 atom stereocenters. The molecule has 0 radical (unpaired) electrons. The molecule has 0 spiro atoms. The molecule has 0 aromatic heterocycles. The van der Waals surface area contributed by atoms with Crippen molar-refractivity contribution in [1.29, 1.82) is 0 Å². The van der Waals surface area contributed by atoms with Crippen molar-refractivity contribution in [3.05, 3.63) is 12.2 Å². The Bertz CT molecular complexity index is 151. The fourth-order valence-electron chi connectivity index (χ4n) is 1.50. The van der Waals surface area contributed by atoms with Gasteiger partial charge in [-0.2, -0.15) is 0 Å². The highest BCUT2D eigenvalue weighted by Gasteiger charge is 2.26. The average Bonchev–Trinajstić information content (AvgIpc) is 2.03. The van der Waals surface area contributed by atoms with E-state index in [1.54, 1.807) is 0 Å². The second-order valence-electron chi connectivity index (χ2n) is 3.21. The van der Waals surface area contributed by atoms with Crippen molar-refractivity contribution in [1.82, 2.24) is 5.39 Å². The molecule has 62 valence electrons. The van der Waals surface area contributed by atoms with Crippen LogP contribution in [0.2, 0.25) is 5.82 Å². The van der Waals surface area contributed by atoms with Crippen LogP contribution in [0.4, 0.5) is 0 Å². The van der Waals surface area contributed by atoms with Crippen LogP contribution >= 0.6 is 0 Å². The SMILES string of the molecule is CC1C=CCC(B(O)NO)C1. The molecule has 0 saturated carbocycles. The van der Waals surface area contributed by atoms with Crippen LogP contribution < -0.4 is 5.39 Å². The molecule has 0 aliphatic heterocycles. The molecule has 1 rings (SSSR count). The van der Waals surface area contributed by atoms with Gasteiger partial charge in [0.25, 0.3) is 0 Å². The standard InChI is InChI=1S/C7H14BNO2/c1-6-3-2-4-7(5-6)8(10)9-11/h2-3,6-7,9-11H,4-5H2,1H3. The molecule has 4 heteroatoms. The summed E-state index contributed by atoms with van der Waals surface area (Å²) in [5.41, 5.74) is 0. The van der Waals surface area contributed by atoms with Gasteiger partial charge >= 0.3 is 7.05 Å². The summed E-state index contributed by atoms with van der Waals surface area (Å²) in [5, 5.41) is 19.5. The summed E-state index contributed by atoms with van der Waals surface area (Å²) >= 11 is 0. The summed E-state index contributed by atoms with van der Waals surface area (Å²) in [6.07, 6.45) is 5.98. The van der Waals surface area contributed by atoms with Crippen molar-refractivity contribution in [3.8, 4) is 0 Å². The summed E-state index contributed by atoms with van der Waals surface area (Å²) in [6, 6.07) is 0. The predicted molar refractivity (Wildman–Crippen MR) is 44.2 cm³/mol. The number of nitrogens with one attached hydrogen (secondary N) is 1. The van der Waals surface area contributed by atoms with Crippen molar-refractivity contribution in [2.24, 2.45) is 5.92 Å². The minimum Gasteiger partial charge on any atom is -0.436 e. The zero-order valence-corrected chi connectivity index (χ0v) is 6.70. The first kappa shape index (κ1) is 8.78. The molecule has 0 amide bonds. The van der Waals surface area contributed by atoms with Crippen molar-refractivity contribution < 1.29 is 10.2 Å². The molecule has 0 heterocycles. The summed E-state index contributed by atoms with van der Waals surface area (Å²) in [7, 11) is -0.776. The van der Waals surface area contributed by atoms with Crippen molar-refractivity contribution in [2.75, 3.05) is 0 Å². The fraction of sp³-hybridized carbons (Fsp3) is 0.714. The van der Waals surface area contributed by atoms with Crippen LogP contribution in [0.1, 0.15) is 19.8 Å². The lowest BCUT2D eigenvalue weighted by molar-refractivity contribution is 0.214. The van der Waals surface area contributed by atoms with Crippen molar-refractivity contribution in [2.45, 2.75) is 25.6 Å². The lowest BCUT2D eigenvalue weighted by Crippen LogP contribution is -2.37. The van der Waals surface area contributed by atoms with Gasteiger partial charge in [0.15, 0.2) is 0 Å². The van der Waals surface area contributed by atoms with E-state index < -0.39 is 7.05 Å². The number of rotatable bonds is 2. The van der Waals surface area contributed by atoms with E-state index in [1.165, 1.54) is 0 Å². The first-order chi connectivity index (χ1) is 5.24. The fourth-order valence-corrected chi connectivity index (χ4v) is 1.50. The van der Waals surface area contributed by atoms with Gasteiger partial charge in [-0.05, 0) is 24.6 Å². The highest BCUT2D eigenvalue weighted by Crippen LogP contribution is 2.28. The summed E-state index contributed by atoms with van der Waals surface area (Å²) in [4.78, 5) is 0. The van der Waals surface area contributed by atoms with Gasteiger partial charge in [0.05, 0.1) is 0 Å². The Hall–Kier alpha value is -0.315. The van der Waals surface area contributed by atoms with Crippen LogP contribution in [0.25, 0.3) is 0 Å². The number of allylic oxidation sites excluding steroid dienone is 2. The maximum absolute atomic E-state index is 9.21. The second-order valence-corrected chi connectivity index (χ2v) is 3.21. The molecular formula is C7H14BNO2. The molecule has 0 aromatic carbocycles. The van der Waals surface area contributed by atoms with E-state index in [1.807, 2.05) is 5.39 Å². The monoisotopic (exact) mass is 155 g/mol. The van der Waals surface area contributed by atoms with Crippen LogP contribution in [0, 0.1) is 5.92 Å². The third kappa shape index (κ3) is 2.32. The minimum absolute atomic E-state index is 0.153. The quantitative estimate of drug-likeness (QED) is 0.314. The zero-order valence-electron chi connectivity index (χ0n) is 6.70. The van der Waals surface area contributed by atoms with Gasteiger partial charge < -0.3 is 10.2 Å². The van der Waals surface area contributed by atoms with Gasteiger partial charge in [0.2, 0.25) is 0 Å². The van der Waals surface area contributed by atoms with E-state index in [9.17, 15) is 5.02 Å². The molecule has 0 aromatic rings. The summed E-state index contributed by atoms with van der Waals surface area (Å²) < 4.78 is 0. The van der Waals surface area contributed by atoms with E-state index in [-0.39, 0.29) is 5.82 Å². The molecule has 0 bridgehead atoms. The van der Waals surface area contributed by atoms with Crippen LogP contribution in [0.15, 0.2) is 12.2 Å². The molecule has 1 aliphatic rings. The van der Waals surface area contributed by atoms with Gasteiger partial charge in [-0.1, -0.05) is 19.1 Å². The largest absolute Gasteiger partial charge is 0.436 e. The second kappa shape index (κ2) is 3.90. The van der Waals surface area contributed by atoms with Crippen molar-refractivity contribution >= 4 is 7.05 Å². The number of hydrogen-bond acceptors (Lipinski definition) is 3. The Morgan fingerprint density at radius 2 is 2.36 bits per heavy atom. The first-order valence-corrected chi connectivity index (χ1v) is 3.98. The summed E-state index contributed by atoms with van der Waals surface area (Å²) in [5.74, 6) is 0.664. The smallest absolute Gasteiger partial charge is 0.404 e. The Kier molecular flexibility index (Phi) is 3.11. The normalized spacial score (nSPS) is 30.5. The van der Waals surface area contributed by atoms with Gasteiger partial charge in [0, 0.05) is 0 Å². The van der Waals surface area contributed by atoms with Gasteiger partial charge in [0.1, 0.15) is 0 Å². The Labute approximate surface area is 67.2 Å². The average molecular weight is 155 g/mol. The van der Waals surface area contributed by atoms with Crippen LogP contribution in [-0.2, 0) is 0 Å². The molecule has 2 unspecified atom stereocenters. The van der Waals surface area contributed by atoms with Gasteiger partial charge in [-0.25, -0.2) is 5.39 Å². The van der Waals surface area contributed by atoms with E-state index in [2.05, 4.69) is 19.1 Å². The van der Waals surface area contributed by atoms with E-state index in [0.717, 1.165) is 12.8 Å². The Morgan fingerprint density at radius 1 is 1.64 bits per heavy atom. The molecule has 1 aliphatic carbocycles. The highest BCUT2D eigenvalue weighted by molar-refractivity contribution is 6.48. The highest BCUT2D eigenvalue weighted by atomic mass is 16.5. The molecule has 3 nitrogen and oxygen atoms in total. The van der Waals surface area contributed by atoms with Crippen LogP contribution in [0.5, 0.6) is 0 Å². The van der Waals surface area contributed by atoms with Gasteiger partial charge in [-0.15, -0.1) is 0 Å². The summed E-state index contributed by atoms with van der Waals surface area (Å²) in [6.45, 7) is 2.10. The first-order valence-electron chi connectivity index (χ1n) is 3.98. The van der Waals surface area contributed by atoms with E-state index in [0.29, 0.717) is 5.92 Å². The lowest BCUT2D eigenvalue weighted by Gasteiger charge is -2.22. The Balaban J connectivity index is 2.42. The molecule has 11 heavy (non-hydrogen) atoms. The van der Waals surface area contributed by atoms with Crippen LogP contribution in [0.3, 0.4) is 0 Å². The maximum atomic E-state index is 9.21. The molecule has 0 fully saturated rings. The molecule has 3 N–H and O–H groups in total. The third-order valence-corrected chi connectivity index (χ3v) is 2.16. The van der Waals surface area contributed by atoms with Crippen molar-refractivity contribution in [3.63, 3.8) is 0 Å². The lowest BCUT2D eigenvalue weighted by atomic mass is 9.62. The van der Waals surface area contributed by atoms with Crippen LogP contribution in [-0.4, -0.2) is 17.3 Å². The van der Waals surface area contributed by atoms with Gasteiger partial charge in [-0.3, -0.25) is 0 Å². The molecular weight excluding hydrogens is 141 g/mol.